The second-order valence-electron chi connectivity index (χ2n) is 6.63. The number of anilines is 1. The van der Waals surface area contributed by atoms with E-state index in [0.29, 0.717) is 11.6 Å². The minimum Gasteiger partial charge on any atom is -0.493 e. The molecule has 35 heavy (non-hydrogen) atoms. The predicted octanol–water partition coefficient (Wildman–Crippen LogP) is 3.90. The molecule has 1 heterocycles. The molecule has 1 aromatic heterocycles. The number of hydrogen-bond donors (Lipinski definition) is 2. The van der Waals surface area contributed by atoms with Gasteiger partial charge in [-0.15, -0.1) is 0 Å². The molecule has 0 radical (unpaired) electrons. The van der Waals surface area contributed by atoms with Crippen LogP contribution in [-0.4, -0.2) is 49.5 Å². The quantitative estimate of drug-likeness (QED) is 0.382. The van der Waals surface area contributed by atoms with Gasteiger partial charge < -0.3 is 29.8 Å². The first-order valence-corrected chi connectivity index (χ1v) is 9.53. The van der Waals surface area contributed by atoms with Crippen molar-refractivity contribution in [3.05, 3.63) is 54.0 Å². The molecule has 0 saturated carbocycles. The van der Waals surface area contributed by atoms with Crippen LogP contribution in [0.2, 0.25) is 0 Å². The number of esters is 1. The summed E-state index contributed by atoms with van der Waals surface area (Å²) in [6.07, 6.45) is -4.87. The Hall–Kier alpha value is -4.29. The van der Waals surface area contributed by atoms with Crippen LogP contribution in [0.3, 0.4) is 0 Å². The van der Waals surface area contributed by atoms with Crippen LogP contribution < -0.4 is 19.9 Å². The number of fused-ring (bicyclic) bond motifs is 1. The van der Waals surface area contributed by atoms with Gasteiger partial charge >= 0.3 is 18.1 Å². The number of benzene rings is 2. The van der Waals surface area contributed by atoms with Crippen LogP contribution in [-0.2, 0) is 14.3 Å². The predicted molar refractivity (Wildman–Crippen MR) is 115 cm³/mol. The normalized spacial score (nSPS) is 11.6. The van der Waals surface area contributed by atoms with Crippen LogP contribution in [0, 0.1) is 5.82 Å². The lowest BCUT2D eigenvalue weighted by Gasteiger charge is -2.20. The number of carboxylic acids is 1. The molecule has 13 heteroatoms. The van der Waals surface area contributed by atoms with E-state index in [0.717, 1.165) is 16.8 Å². The molecule has 0 amide bonds. The Morgan fingerprint density at radius 2 is 1.63 bits per heavy atom. The molecular formula is C22H20F4N2O7. The molecule has 0 aliphatic heterocycles. The summed E-state index contributed by atoms with van der Waals surface area (Å²) < 4.78 is 67.3. The number of alkyl halides is 3. The van der Waals surface area contributed by atoms with Gasteiger partial charge in [0.2, 0.25) is 6.10 Å². The second kappa shape index (κ2) is 11.2. The number of nitrogens with zero attached hydrogens (tertiary/aromatic N) is 1. The van der Waals surface area contributed by atoms with Gasteiger partial charge in [0, 0.05) is 23.2 Å². The number of hydrogen-bond acceptors (Lipinski definition) is 8. The highest BCUT2D eigenvalue weighted by Crippen LogP contribution is 2.35. The van der Waals surface area contributed by atoms with E-state index >= 15 is 0 Å². The molecule has 3 rings (SSSR count). The van der Waals surface area contributed by atoms with Crippen molar-refractivity contribution in [3.63, 3.8) is 0 Å². The lowest BCUT2D eigenvalue weighted by atomic mass is 10.1. The Morgan fingerprint density at radius 1 is 1.03 bits per heavy atom. The number of carbonyl (C=O) groups excluding carboxylic acids is 1. The van der Waals surface area contributed by atoms with Gasteiger partial charge in [-0.25, -0.2) is 19.0 Å². The number of aromatic nitrogens is 1. The third-order valence-electron chi connectivity index (χ3n) is 4.46. The third kappa shape index (κ3) is 6.62. The summed E-state index contributed by atoms with van der Waals surface area (Å²) in [4.78, 5) is 25.2. The van der Waals surface area contributed by atoms with Gasteiger partial charge in [-0.3, -0.25) is 0 Å². The topological polar surface area (TPSA) is 130 Å². The first kappa shape index (κ1) is 27.0. The highest BCUT2D eigenvalue weighted by Gasteiger charge is 2.38. The molecule has 1 unspecified atom stereocenters. The van der Waals surface area contributed by atoms with Crippen LogP contribution in [0.25, 0.3) is 10.8 Å². The lowest BCUT2D eigenvalue weighted by molar-refractivity contribution is -0.192. The molecule has 0 fully saturated rings. The second-order valence-corrected chi connectivity index (χ2v) is 6.63. The third-order valence-corrected chi connectivity index (χ3v) is 4.46. The standard InChI is InChI=1S/C20H19FN2O5.C2HF3O2/c1-25-16-9-14(15(21)10-17(16)26-2)18(20(24)27-3)28-12-4-5-13-11(8-12)6-7-23-19(13)22;3-2(4,5)1(6)7/h4-10,18H,1-3H3,(H2,22,23);(H,6,7). The van der Waals surface area contributed by atoms with Crippen LogP contribution in [0.5, 0.6) is 17.2 Å². The van der Waals surface area contributed by atoms with E-state index in [1.807, 2.05) is 0 Å². The Labute approximate surface area is 196 Å². The smallest absolute Gasteiger partial charge is 0.490 e. The van der Waals surface area contributed by atoms with E-state index < -0.39 is 30.0 Å². The van der Waals surface area contributed by atoms with Gasteiger partial charge in [-0.05, 0) is 35.7 Å². The number of methoxy groups -OCH3 is 3. The maximum absolute atomic E-state index is 14.7. The molecule has 0 bridgehead atoms. The van der Waals surface area contributed by atoms with Gasteiger partial charge in [0.25, 0.3) is 0 Å². The monoisotopic (exact) mass is 500 g/mol. The van der Waals surface area contributed by atoms with Crippen LogP contribution >= 0.6 is 0 Å². The lowest BCUT2D eigenvalue weighted by Crippen LogP contribution is -2.21. The number of pyridine rings is 1. The van der Waals surface area contributed by atoms with Crippen LogP contribution in [0.1, 0.15) is 11.7 Å². The van der Waals surface area contributed by atoms with Crippen molar-refractivity contribution in [3.8, 4) is 17.2 Å². The first-order valence-electron chi connectivity index (χ1n) is 9.53. The van der Waals surface area contributed by atoms with Crippen molar-refractivity contribution in [1.82, 2.24) is 4.98 Å². The van der Waals surface area contributed by atoms with E-state index in [9.17, 15) is 22.4 Å². The van der Waals surface area contributed by atoms with Gasteiger partial charge in [0.1, 0.15) is 17.4 Å². The first-order chi connectivity index (χ1) is 16.4. The minimum absolute atomic E-state index is 0.0427. The number of aliphatic carboxylic acids is 1. The average Bonchev–Trinajstić information content (AvgIpc) is 2.82. The van der Waals surface area contributed by atoms with Gasteiger partial charge in [-0.1, -0.05) is 0 Å². The summed E-state index contributed by atoms with van der Waals surface area (Å²) in [6, 6.07) is 9.24. The largest absolute Gasteiger partial charge is 0.493 e. The number of carbonyl (C=O) groups is 2. The van der Waals surface area contributed by atoms with Crippen LogP contribution in [0.4, 0.5) is 23.4 Å². The maximum Gasteiger partial charge on any atom is 0.490 e. The molecular weight excluding hydrogens is 480 g/mol. The van der Waals surface area contributed by atoms with E-state index in [2.05, 4.69) is 4.98 Å². The summed E-state index contributed by atoms with van der Waals surface area (Å²) in [6.45, 7) is 0. The molecule has 9 nitrogen and oxygen atoms in total. The van der Waals surface area contributed by atoms with Crippen molar-refractivity contribution in [2.45, 2.75) is 12.3 Å². The zero-order chi connectivity index (χ0) is 26.3. The fourth-order valence-corrected chi connectivity index (χ4v) is 2.81. The Balaban J connectivity index is 0.000000540. The summed E-state index contributed by atoms with van der Waals surface area (Å²) in [5.41, 5.74) is 5.80. The fraction of sp³-hybridized carbons (Fsp3) is 0.227. The highest BCUT2D eigenvalue weighted by atomic mass is 19.4. The number of nitrogen functional groups attached to an aromatic ring is 1. The van der Waals surface area contributed by atoms with Crippen molar-refractivity contribution >= 4 is 28.5 Å². The molecule has 0 aliphatic rings. The summed E-state index contributed by atoms with van der Waals surface area (Å²) >= 11 is 0. The zero-order valence-corrected chi connectivity index (χ0v) is 18.6. The Kier molecular flexibility index (Phi) is 8.65. The van der Waals surface area contributed by atoms with E-state index in [4.69, 9.17) is 34.6 Å². The molecule has 0 spiro atoms. The summed E-state index contributed by atoms with van der Waals surface area (Å²) in [5, 5.41) is 8.63. The van der Waals surface area contributed by atoms with Crippen LogP contribution in [0.15, 0.2) is 42.6 Å². The Morgan fingerprint density at radius 3 is 2.17 bits per heavy atom. The molecule has 188 valence electrons. The van der Waals surface area contributed by atoms with Crippen molar-refractivity contribution < 1.29 is 51.2 Å². The molecule has 2 aromatic carbocycles. The number of ether oxygens (including phenoxy) is 4. The molecule has 3 N–H and O–H groups in total. The number of rotatable bonds is 6. The number of carboxylic acid groups (broad SMARTS) is 1. The van der Waals surface area contributed by atoms with Gasteiger partial charge in [0.05, 0.1) is 21.3 Å². The highest BCUT2D eigenvalue weighted by molar-refractivity contribution is 5.91. The van der Waals surface area contributed by atoms with Crippen molar-refractivity contribution in [2.75, 3.05) is 27.1 Å². The minimum atomic E-state index is -5.08. The summed E-state index contributed by atoms with van der Waals surface area (Å²) in [5.74, 6) is -3.05. The maximum atomic E-state index is 14.7. The van der Waals surface area contributed by atoms with Crippen molar-refractivity contribution in [2.24, 2.45) is 0 Å². The van der Waals surface area contributed by atoms with Gasteiger partial charge in [0.15, 0.2) is 11.5 Å². The Bertz CT molecular complexity index is 1220. The van der Waals surface area contributed by atoms with Gasteiger partial charge in [-0.2, -0.15) is 13.2 Å². The number of nitrogens with two attached hydrogens (primary N) is 1. The molecule has 1 atom stereocenters. The zero-order valence-electron chi connectivity index (χ0n) is 18.6. The van der Waals surface area contributed by atoms with Crippen molar-refractivity contribution in [1.29, 1.82) is 0 Å². The van der Waals surface area contributed by atoms with E-state index in [1.165, 1.54) is 27.4 Å². The van der Waals surface area contributed by atoms with E-state index in [1.54, 1.807) is 30.5 Å². The van der Waals surface area contributed by atoms with E-state index in [-0.39, 0.29) is 17.1 Å². The average molecular weight is 500 g/mol. The summed E-state index contributed by atoms with van der Waals surface area (Å²) in [7, 11) is 4.00. The molecule has 0 aliphatic carbocycles. The number of halogens is 4. The molecule has 3 aromatic rings. The molecule has 0 saturated heterocycles. The fourth-order valence-electron chi connectivity index (χ4n) is 2.81. The SMILES string of the molecule is COC(=O)C(Oc1ccc2c(N)nccc2c1)c1cc(OC)c(OC)cc1F.O=C(O)C(F)(F)F.